The summed E-state index contributed by atoms with van der Waals surface area (Å²) in [6.45, 7) is 0. The van der Waals surface area contributed by atoms with Crippen LogP contribution >= 0.6 is 11.3 Å². The number of rotatable bonds is 4. The van der Waals surface area contributed by atoms with E-state index in [0.717, 1.165) is 5.56 Å². The molecule has 0 fully saturated rings. The molecule has 1 unspecified atom stereocenters. The van der Waals surface area contributed by atoms with Gasteiger partial charge in [0.1, 0.15) is 0 Å². The standard InChI is InChI=1S/C20H17N3O2S/c24-17-11-14(18-7-4-8-26-18)10-16-15(17)12-21-20(22-16)23-19(25)9-13-5-2-1-3-6-13/h1-8,12,14H,9-11H2,(H,21,22,23,25). The van der Waals surface area contributed by atoms with Gasteiger partial charge in [-0.15, -0.1) is 11.3 Å². The van der Waals surface area contributed by atoms with Gasteiger partial charge in [0.2, 0.25) is 11.9 Å². The Hall–Kier alpha value is -2.86. The summed E-state index contributed by atoms with van der Waals surface area (Å²) in [5.41, 5.74) is 2.21. The van der Waals surface area contributed by atoms with E-state index in [9.17, 15) is 9.59 Å². The largest absolute Gasteiger partial charge is 0.294 e. The van der Waals surface area contributed by atoms with Crippen molar-refractivity contribution in [2.24, 2.45) is 0 Å². The van der Waals surface area contributed by atoms with Gasteiger partial charge in [-0.25, -0.2) is 9.97 Å². The molecule has 0 radical (unpaired) electrons. The molecule has 5 nitrogen and oxygen atoms in total. The van der Waals surface area contributed by atoms with Crippen LogP contribution in [0.25, 0.3) is 0 Å². The predicted octanol–water partition coefficient (Wildman–Crippen LogP) is 3.63. The van der Waals surface area contributed by atoms with Crippen LogP contribution in [0.3, 0.4) is 0 Å². The highest BCUT2D eigenvalue weighted by molar-refractivity contribution is 7.10. The molecule has 3 aromatic rings. The Morgan fingerprint density at radius 1 is 1.15 bits per heavy atom. The Morgan fingerprint density at radius 3 is 2.77 bits per heavy atom. The number of fused-ring (bicyclic) bond motifs is 1. The van der Waals surface area contributed by atoms with Crippen LogP contribution in [0.1, 0.15) is 38.8 Å². The van der Waals surface area contributed by atoms with E-state index in [1.54, 1.807) is 11.3 Å². The molecule has 2 aromatic heterocycles. The number of hydrogen-bond donors (Lipinski definition) is 1. The molecule has 1 aliphatic carbocycles. The van der Waals surface area contributed by atoms with Crippen LogP contribution in [0.2, 0.25) is 0 Å². The minimum Gasteiger partial charge on any atom is -0.294 e. The van der Waals surface area contributed by atoms with Gasteiger partial charge < -0.3 is 0 Å². The molecule has 26 heavy (non-hydrogen) atoms. The molecule has 0 aliphatic heterocycles. The Balaban J connectivity index is 1.50. The van der Waals surface area contributed by atoms with Crippen molar-refractivity contribution in [1.82, 2.24) is 9.97 Å². The normalized spacial score (nSPS) is 16.2. The predicted molar refractivity (Wildman–Crippen MR) is 101 cm³/mol. The van der Waals surface area contributed by atoms with E-state index in [2.05, 4.69) is 21.4 Å². The molecular weight excluding hydrogens is 346 g/mol. The quantitative estimate of drug-likeness (QED) is 0.768. The van der Waals surface area contributed by atoms with E-state index < -0.39 is 0 Å². The van der Waals surface area contributed by atoms with Crippen molar-refractivity contribution in [2.75, 3.05) is 5.32 Å². The fraction of sp³-hybridized carbons (Fsp3) is 0.200. The van der Waals surface area contributed by atoms with Gasteiger partial charge in [0, 0.05) is 23.4 Å². The molecule has 1 aromatic carbocycles. The van der Waals surface area contributed by atoms with Crippen molar-refractivity contribution in [2.45, 2.75) is 25.2 Å². The molecule has 0 bridgehead atoms. The van der Waals surface area contributed by atoms with Crippen molar-refractivity contribution < 1.29 is 9.59 Å². The monoisotopic (exact) mass is 363 g/mol. The lowest BCUT2D eigenvalue weighted by Crippen LogP contribution is -2.22. The molecule has 1 amide bonds. The maximum Gasteiger partial charge on any atom is 0.231 e. The Labute approximate surface area is 155 Å². The molecule has 0 saturated carbocycles. The summed E-state index contributed by atoms with van der Waals surface area (Å²) in [5.74, 6) is 0.294. The number of benzene rings is 1. The van der Waals surface area contributed by atoms with Crippen LogP contribution in [-0.2, 0) is 17.6 Å². The second-order valence-electron chi connectivity index (χ2n) is 6.31. The molecule has 2 heterocycles. The van der Waals surface area contributed by atoms with Gasteiger partial charge in [0.25, 0.3) is 0 Å². The highest BCUT2D eigenvalue weighted by Gasteiger charge is 2.28. The summed E-state index contributed by atoms with van der Waals surface area (Å²) >= 11 is 1.66. The van der Waals surface area contributed by atoms with Crippen LogP contribution in [0, 0.1) is 0 Å². The summed E-state index contributed by atoms with van der Waals surface area (Å²) in [6, 6.07) is 13.6. The third-order valence-electron chi connectivity index (χ3n) is 4.44. The summed E-state index contributed by atoms with van der Waals surface area (Å²) in [7, 11) is 0. The molecular formula is C20H17N3O2S. The van der Waals surface area contributed by atoms with Crippen molar-refractivity contribution in [1.29, 1.82) is 0 Å². The molecule has 6 heteroatoms. The summed E-state index contributed by atoms with van der Waals surface area (Å²) < 4.78 is 0. The van der Waals surface area contributed by atoms with Gasteiger partial charge in [-0.2, -0.15) is 0 Å². The second kappa shape index (κ2) is 7.17. The smallest absolute Gasteiger partial charge is 0.231 e. The zero-order chi connectivity index (χ0) is 17.9. The first-order chi connectivity index (χ1) is 12.7. The number of Topliss-reactive ketones (excluding diaryl/α,β-unsaturated/α-hetero) is 1. The lowest BCUT2D eigenvalue weighted by molar-refractivity contribution is -0.115. The van der Waals surface area contributed by atoms with Crippen LogP contribution in [0.5, 0.6) is 0 Å². The van der Waals surface area contributed by atoms with Gasteiger partial charge in [0.15, 0.2) is 5.78 Å². The van der Waals surface area contributed by atoms with Crippen molar-refractivity contribution in [3.63, 3.8) is 0 Å². The molecule has 1 aliphatic rings. The van der Waals surface area contributed by atoms with E-state index >= 15 is 0 Å². The maximum absolute atomic E-state index is 12.4. The average Bonchev–Trinajstić information content (AvgIpc) is 3.17. The van der Waals surface area contributed by atoms with Crippen molar-refractivity contribution in [3.8, 4) is 0 Å². The number of nitrogens with one attached hydrogen (secondary N) is 1. The lowest BCUT2D eigenvalue weighted by Gasteiger charge is -2.22. The number of carbonyl (C=O) groups excluding carboxylic acids is 2. The Morgan fingerprint density at radius 2 is 2.00 bits per heavy atom. The summed E-state index contributed by atoms with van der Waals surface area (Å²) in [5, 5.41) is 4.75. The van der Waals surface area contributed by atoms with E-state index in [1.165, 1.54) is 11.1 Å². The molecule has 1 atom stereocenters. The van der Waals surface area contributed by atoms with E-state index in [4.69, 9.17) is 0 Å². The number of carbonyl (C=O) groups is 2. The second-order valence-corrected chi connectivity index (χ2v) is 7.29. The number of anilines is 1. The Kier molecular flexibility index (Phi) is 4.58. The molecule has 0 spiro atoms. The first kappa shape index (κ1) is 16.6. The zero-order valence-electron chi connectivity index (χ0n) is 14.0. The number of nitrogens with zero attached hydrogens (tertiary/aromatic N) is 2. The van der Waals surface area contributed by atoms with Gasteiger partial charge in [0.05, 0.1) is 17.7 Å². The van der Waals surface area contributed by atoms with Gasteiger partial charge in [-0.3, -0.25) is 14.9 Å². The zero-order valence-corrected chi connectivity index (χ0v) is 14.8. The van der Waals surface area contributed by atoms with Crippen LogP contribution < -0.4 is 5.32 Å². The first-order valence-corrected chi connectivity index (χ1v) is 9.33. The van der Waals surface area contributed by atoms with Crippen molar-refractivity contribution in [3.05, 3.63) is 75.7 Å². The average molecular weight is 363 g/mol. The number of ketones is 1. The topological polar surface area (TPSA) is 72.0 Å². The number of thiophene rings is 1. The summed E-state index contributed by atoms with van der Waals surface area (Å²) in [4.78, 5) is 34.4. The number of aromatic nitrogens is 2. The highest BCUT2D eigenvalue weighted by Crippen LogP contribution is 2.34. The van der Waals surface area contributed by atoms with Gasteiger partial charge in [-0.1, -0.05) is 36.4 Å². The fourth-order valence-electron chi connectivity index (χ4n) is 3.18. The van der Waals surface area contributed by atoms with Crippen LogP contribution in [0.4, 0.5) is 5.95 Å². The third-order valence-corrected chi connectivity index (χ3v) is 5.48. The van der Waals surface area contributed by atoms with Crippen LogP contribution in [0.15, 0.2) is 54.0 Å². The number of amides is 1. The van der Waals surface area contributed by atoms with E-state index in [0.29, 0.717) is 24.1 Å². The molecule has 1 N–H and O–H groups in total. The van der Waals surface area contributed by atoms with Crippen LogP contribution in [-0.4, -0.2) is 21.7 Å². The molecule has 0 saturated heterocycles. The van der Waals surface area contributed by atoms with Gasteiger partial charge in [-0.05, 0) is 23.4 Å². The van der Waals surface area contributed by atoms with Gasteiger partial charge >= 0.3 is 0 Å². The van der Waals surface area contributed by atoms with Crippen molar-refractivity contribution >= 4 is 29.0 Å². The SMILES string of the molecule is O=C(Cc1ccccc1)Nc1ncc2c(n1)CC(c1cccs1)CC2=O. The fourth-order valence-corrected chi connectivity index (χ4v) is 4.01. The highest BCUT2D eigenvalue weighted by atomic mass is 32.1. The minimum atomic E-state index is -0.173. The minimum absolute atomic E-state index is 0.0619. The van der Waals surface area contributed by atoms with E-state index in [1.807, 2.05) is 41.8 Å². The summed E-state index contributed by atoms with van der Waals surface area (Å²) in [6.07, 6.45) is 2.97. The molecule has 4 rings (SSSR count). The molecule has 130 valence electrons. The van der Waals surface area contributed by atoms with E-state index in [-0.39, 0.29) is 30.0 Å². The number of hydrogen-bond acceptors (Lipinski definition) is 5. The third kappa shape index (κ3) is 3.55. The maximum atomic E-state index is 12.4. The lowest BCUT2D eigenvalue weighted by atomic mass is 9.86. The first-order valence-electron chi connectivity index (χ1n) is 8.45. The Bertz CT molecular complexity index is 939.